The zero-order valence-corrected chi connectivity index (χ0v) is 16.3. The summed E-state index contributed by atoms with van der Waals surface area (Å²) in [6.45, 7) is 7.81. The SMILES string of the molecule is Cc1c(C)c(C)c2c(c1C)OC(=O)C2O.[I][V][I]. The van der Waals surface area contributed by atoms with E-state index in [0.717, 1.165) is 22.3 Å². The van der Waals surface area contributed by atoms with E-state index in [0.29, 0.717) is 20.8 Å². The van der Waals surface area contributed by atoms with Gasteiger partial charge in [0, 0.05) is 5.56 Å². The number of esters is 1. The number of benzene rings is 1. The molecule has 0 radical (unpaired) electrons. The number of hydrogen-bond acceptors (Lipinski definition) is 3. The molecular weight excluding hydrogens is 497 g/mol. The Labute approximate surface area is 136 Å². The quantitative estimate of drug-likeness (QED) is 0.329. The van der Waals surface area contributed by atoms with Gasteiger partial charge in [-0.2, -0.15) is 0 Å². The van der Waals surface area contributed by atoms with Crippen molar-refractivity contribution in [2.45, 2.75) is 33.8 Å². The third-order valence-corrected chi connectivity index (χ3v) is 3.38. The molecule has 1 atom stereocenters. The topological polar surface area (TPSA) is 46.5 Å². The van der Waals surface area contributed by atoms with Gasteiger partial charge < -0.3 is 9.84 Å². The van der Waals surface area contributed by atoms with Crippen molar-refractivity contribution in [1.82, 2.24) is 0 Å². The van der Waals surface area contributed by atoms with Gasteiger partial charge in [-0.25, -0.2) is 4.79 Å². The second kappa shape index (κ2) is 6.92. The normalized spacial score (nSPS) is 16.6. The van der Waals surface area contributed by atoms with Crippen molar-refractivity contribution in [3.63, 3.8) is 0 Å². The van der Waals surface area contributed by atoms with Crippen LogP contribution in [0.15, 0.2) is 0 Å². The zero-order valence-electron chi connectivity index (χ0n) is 10.5. The minimum atomic E-state index is -1.11. The van der Waals surface area contributed by atoms with Crippen LogP contribution in [0.4, 0.5) is 0 Å². The van der Waals surface area contributed by atoms with E-state index in [1.54, 1.807) is 0 Å². The van der Waals surface area contributed by atoms with Gasteiger partial charge >= 0.3 is 55.4 Å². The van der Waals surface area contributed by atoms with E-state index >= 15 is 0 Å². The Morgan fingerprint density at radius 1 is 1.06 bits per heavy atom. The van der Waals surface area contributed by atoms with E-state index in [1.807, 2.05) is 27.7 Å². The van der Waals surface area contributed by atoms with E-state index in [-0.39, 0.29) is 0 Å². The third-order valence-electron chi connectivity index (χ3n) is 3.38. The van der Waals surface area contributed by atoms with E-state index in [1.165, 1.54) is 0 Å². The molecule has 0 amide bonds. The molecule has 1 aliphatic rings. The standard InChI is InChI=1S/C12H14O3.2HI.V/c1-5-6(2)8(4)11-9(7(5)3)10(13)12(14)15-11;;;/h10,13H,1-4H3;2*1H;/q;;;+2/p-2. The van der Waals surface area contributed by atoms with Crippen LogP contribution in [-0.2, 0) is 14.3 Å². The second-order valence-corrected chi connectivity index (χ2v) is 15.9. The second-order valence-electron chi connectivity index (χ2n) is 4.13. The van der Waals surface area contributed by atoms with Gasteiger partial charge in [-0.05, 0) is 49.9 Å². The number of ether oxygens (including phenoxy) is 1. The van der Waals surface area contributed by atoms with Crippen LogP contribution >= 0.6 is 40.0 Å². The van der Waals surface area contributed by atoms with E-state index < -0.39 is 12.1 Å². The van der Waals surface area contributed by atoms with Gasteiger partial charge in [0.15, 0.2) is 6.10 Å². The van der Waals surface area contributed by atoms with Crippen molar-refractivity contribution in [3.05, 3.63) is 27.8 Å². The number of rotatable bonds is 0. The predicted octanol–water partition coefficient (Wildman–Crippen LogP) is 3.64. The molecular formula is C12H14I2O3V. The Bertz CT molecular complexity index is 489. The van der Waals surface area contributed by atoms with E-state index in [2.05, 4.69) is 40.0 Å². The van der Waals surface area contributed by atoms with Crippen LogP contribution in [0.2, 0.25) is 0 Å². The fourth-order valence-electron chi connectivity index (χ4n) is 2.04. The summed E-state index contributed by atoms with van der Waals surface area (Å²) >= 11 is 4.74. The van der Waals surface area contributed by atoms with Crippen molar-refractivity contribution in [1.29, 1.82) is 0 Å². The fourth-order valence-corrected chi connectivity index (χ4v) is 2.04. The Morgan fingerprint density at radius 2 is 1.50 bits per heavy atom. The first-order valence-corrected chi connectivity index (χ1v) is 14.3. The summed E-state index contributed by atoms with van der Waals surface area (Å²) in [5.41, 5.74) is 4.77. The summed E-state index contributed by atoms with van der Waals surface area (Å²) in [6.07, 6.45) is -1.11. The molecule has 18 heavy (non-hydrogen) atoms. The summed E-state index contributed by atoms with van der Waals surface area (Å²) in [5.74, 6) is -0.0192. The van der Waals surface area contributed by atoms with Crippen molar-refractivity contribution in [2.75, 3.05) is 0 Å². The van der Waals surface area contributed by atoms with Gasteiger partial charge in [0.2, 0.25) is 0 Å². The number of aliphatic hydroxyl groups excluding tert-OH is 1. The van der Waals surface area contributed by atoms with Gasteiger partial charge in [0.25, 0.3) is 0 Å². The van der Waals surface area contributed by atoms with Crippen LogP contribution in [0, 0.1) is 27.7 Å². The molecule has 1 heterocycles. The maximum atomic E-state index is 11.3. The van der Waals surface area contributed by atoms with Gasteiger partial charge in [0.1, 0.15) is 5.75 Å². The third kappa shape index (κ3) is 3.05. The maximum absolute atomic E-state index is 11.3. The molecule has 1 aromatic carbocycles. The number of halogens is 2. The molecule has 0 bridgehead atoms. The molecule has 1 unspecified atom stereocenters. The Morgan fingerprint density at radius 3 is 2.00 bits per heavy atom. The average Bonchev–Trinajstić information content (AvgIpc) is 2.62. The molecule has 0 aromatic heterocycles. The van der Waals surface area contributed by atoms with E-state index in [9.17, 15) is 9.90 Å². The first kappa shape index (κ1) is 16.7. The number of aliphatic hydroxyl groups is 1. The van der Waals surface area contributed by atoms with Crippen molar-refractivity contribution in [3.8, 4) is 5.75 Å². The van der Waals surface area contributed by atoms with Gasteiger partial charge in [-0.15, -0.1) is 0 Å². The summed E-state index contributed by atoms with van der Waals surface area (Å²) in [6, 6.07) is 0. The monoisotopic (exact) mass is 511 g/mol. The molecule has 3 nitrogen and oxygen atoms in total. The first-order valence-electron chi connectivity index (χ1n) is 5.29. The molecule has 2 rings (SSSR count). The molecule has 1 aliphatic heterocycles. The van der Waals surface area contributed by atoms with Crippen LogP contribution in [0.25, 0.3) is 0 Å². The average molecular weight is 511 g/mol. The predicted molar refractivity (Wildman–Crippen MR) is 84.0 cm³/mol. The molecule has 99 valence electrons. The summed E-state index contributed by atoms with van der Waals surface area (Å²) in [7, 11) is 0.628. The first-order chi connectivity index (χ1) is 8.36. The van der Waals surface area contributed by atoms with Crippen LogP contribution in [0.3, 0.4) is 0 Å². The molecule has 6 heteroatoms. The molecule has 0 spiro atoms. The number of carbonyl (C=O) groups is 1. The molecule has 1 aromatic rings. The Balaban J connectivity index is 0.000000492. The summed E-state index contributed by atoms with van der Waals surface area (Å²) < 4.78 is 5.08. The van der Waals surface area contributed by atoms with Crippen LogP contribution < -0.4 is 4.74 Å². The van der Waals surface area contributed by atoms with Crippen molar-refractivity contribution in [2.24, 2.45) is 0 Å². The molecule has 0 saturated heterocycles. The molecule has 0 aliphatic carbocycles. The summed E-state index contributed by atoms with van der Waals surface area (Å²) in [4.78, 5) is 11.3. The van der Waals surface area contributed by atoms with Gasteiger partial charge in [-0.3, -0.25) is 0 Å². The number of hydrogen-bond donors (Lipinski definition) is 1. The van der Waals surface area contributed by atoms with E-state index in [4.69, 9.17) is 4.74 Å². The molecule has 0 saturated carbocycles. The fraction of sp³-hybridized carbons (Fsp3) is 0.417. The minimum absolute atomic E-state index is 0.549. The van der Waals surface area contributed by atoms with Crippen LogP contribution in [0.5, 0.6) is 5.75 Å². The van der Waals surface area contributed by atoms with Gasteiger partial charge in [-0.1, -0.05) is 0 Å². The Hall–Kier alpha value is 0.694. The van der Waals surface area contributed by atoms with Crippen molar-refractivity contribution >= 4 is 45.9 Å². The van der Waals surface area contributed by atoms with Crippen LogP contribution in [0.1, 0.15) is 33.9 Å². The number of carbonyl (C=O) groups excluding carboxylic acids is 1. The number of fused-ring (bicyclic) bond motifs is 1. The zero-order chi connectivity index (χ0) is 14.0. The Kier molecular flexibility index (Phi) is 6.44. The van der Waals surface area contributed by atoms with Gasteiger partial charge in [0.05, 0.1) is 0 Å². The van der Waals surface area contributed by atoms with Crippen LogP contribution in [-0.4, -0.2) is 11.1 Å². The molecule has 1 N–H and O–H groups in total. The molecule has 0 fully saturated rings. The summed E-state index contributed by atoms with van der Waals surface area (Å²) in [5, 5.41) is 9.70. The van der Waals surface area contributed by atoms with Crippen molar-refractivity contribution < 1.29 is 24.1 Å².